The molecule has 0 fully saturated rings. The summed E-state index contributed by atoms with van der Waals surface area (Å²) in [5.74, 6) is 0.613. The van der Waals surface area contributed by atoms with E-state index in [1.54, 1.807) is 4.90 Å². The summed E-state index contributed by atoms with van der Waals surface area (Å²) in [4.78, 5) is 32.4. The van der Waals surface area contributed by atoms with Gasteiger partial charge in [-0.2, -0.15) is 0 Å². The van der Waals surface area contributed by atoms with Crippen LogP contribution in [0.5, 0.6) is 0 Å². The monoisotopic (exact) mass is 470 g/mol. The van der Waals surface area contributed by atoms with Crippen LogP contribution in [0, 0.1) is 0 Å². The molecule has 0 atom stereocenters. The first-order chi connectivity index (χ1) is 17.7. The standard InChI is InChI=1S/C32H26N2O2/c35-29(21-18-24-10-4-1-5-11-24)22-26-16-19-28(20-17-26)34-31(27-14-8-3-9-15-27)33-30(32(34)36)23-25-12-6-2-7-13-25/h1-17,19-20,23H,18,21-22H2/b30-23-. The van der Waals surface area contributed by atoms with Gasteiger partial charge in [-0.15, -0.1) is 0 Å². The average Bonchev–Trinajstić information content (AvgIpc) is 3.25. The topological polar surface area (TPSA) is 49.7 Å². The van der Waals surface area contributed by atoms with Crippen molar-refractivity contribution < 1.29 is 9.59 Å². The van der Waals surface area contributed by atoms with Crippen molar-refractivity contribution in [1.82, 2.24) is 0 Å². The number of rotatable bonds is 8. The highest BCUT2D eigenvalue weighted by molar-refractivity contribution is 6.33. The van der Waals surface area contributed by atoms with E-state index in [1.807, 2.05) is 121 Å². The first-order valence-electron chi connectivity index (χ1n) is 12.1. The molecule has 4 nitrogen and oxygen atoms in total. The zero-order valence-electron chi connectivity index (χ0n) is 19.9. The highest BCUT2D eigenvalue weighted by Crippen LogP contribution is 2.28. The summed E-state index contributed by atoms with van der Waals surface area (Å²) in [5, 5.41) is 0. The Kier molecular flexibility index (Phi) is 6.95. The third-order valence-corrected chi connectivity index (χ3v) is 6.13. The van der Waals surface area contributed by atoms with Crippen LogP contribution < -0.4 is 4.90 Å². The molecule has 0 N–H and O–H groups in total. The molecule has 0 radical (unpaired) electrons. The van der Waals surface area contributed by atoms with Gasteiger partial charge in [0.2, 0.25) is 0 Å². The van der Waals surface area contributed by atoms with Crippen molar-refractivity contribution in [3.05, 3.63) is 143 Å². The highest BCUT2D eigenvalue weighted by Gasteiger charge is 2.32. The molecule has 4 aromatic carbocycles. The van der Waals surface area contributed by atoms with Gasteiger partial charge in [-0.25, -0.2) is 4.99 Å². The Labute approximate surface area is 211 Å². The van der Waals surface area contributed by atoms with E-state index >= 15 is 0 Å². The van der Waals surface area contributed by atoms with E-state index in [1.165, 1.54) is 5.56 Å². The number of nitrogens with zero attached hydrogens (tertiary/aromatic N) is 2. The lowest BCUT2D eigenvalue weighted by Crippen LogP contribution is -2.32. The number of benzene rings is 4. The van der Waals surface area contributed by atoms with Gasteiger partial charge in [0.05, 0.1) is 5.69 Å². The van der Waals surface area contributed by atoms with Crippen molar-refractivity contribution in [2.24, 2.45) is 4.99 Å². The fourth-order valence-corrected chi connectivity index (χ4v) is 4.25. The molecule has 0 unspecified atom stereocenters. The Morgan fingerprint density at radius 2 is 1.33 bits per heavy atom. The average molecular weight is 471 g/mol. The number of amidine groups is 1. The van der Waals surface area contributed by atoms with Crippen LogP contribution in [0.2, 0.25) is 0 Å². The number of ketones is 1. The number of anilines is 1. The molecule has 1 heterocycles. The van der Waals surface area contributed by atoms with Gasteiger partial charge in [0.1, 0.15) is 17.3 Å². The van der Waals surface area contributed by atoms with Gasteiger partial charge >= 0.3 is 0 Å². The minimum Gasteiger partial charge on any atom is -0.299 e. The zero-order valence-corrected chi connectivity index (χ0v) is 19.9. The SMILES string of the molecule is O=C(CCc1ccccc1)Cc1ccc(N2C(=O)/C(=C/c3ccccc3)N=C2c2ccccc2)cc1. The van der Waals surface area contributed by atoms with Crippen LogP contribution in [0.4, 0.5) is 5.69 Å². The molecule has 1 aliphatic rings. The Bertz CT molecular complexity index is 1410. The summed E-state index contributed by atoms with van der Waals surface area (Å²) < 4.78 is 0. The molecule has 0 aromatic heterocycles. The lowest BCUT2D eigenvalue weighted by Gasteiger charge is -2.19. The van der Waals surface area contributed by atoms with Gasteiger partial charge in [0.15, 0.2) is 0 Å². The Hall–Kier alpha value is -4.57. The molecule has 0 saturated carbocycles. The lowest BCUT2D eigenvalue weighted by atomic mass is 10.0. The van der Waals surface area contributed by atoms with Crippen LogP contribution in [0.15, 0.2) is 126 Å². The van der Waals surface area contributed by atoms with E-state index in [-0.39, 0.29) is 11.7 Å². The molecule has 36 heavy (non-hydrogen) atoms. The van der Waals surface area contributed by atoms with E-state index in [0.717, 1.165) is 28.8 Å². The van der Waals surface area contributed by atoms with E-state index in [2.05, 4.69) is 0 Å². The fourth-order valence-electron chi connectivity index (χ4n) is 4.25. The first-order valence-corrected chi connectivity index (χ1v) is 12.1. The third-order valence-electron chi connectivity index (χ3n) is 6.13. The first kappa shape index (κ1) is 23.2. The number of hydrogen-bond donors (Lipinski definition) is 0. The molecule has 0 aliphatic carbocycles. The highest BCUT2D eigenvalue weighted by atomic mass is 16.2. The van der Waals surface area contributed by atoms with Crippen molar-refractivity contribution in [2.75, 3.05) is 4.90 Å². The van der Waals surface area contributed by atoms with Crippen LogP contribution in [0.25, 0.3) is 6.08 Å². The lowest BCUT2D eigenvalue weighted by molar-refractivity contribution is -0.118. The number of carbonyl (C=O) groups is 2. The third kappa shape index (κ3) is 5.39. The minimum absolute atomic E-state index is 0.176. The van der Waals surface area contributed by atoms with Crippen LogP contribution >= 0.6 is 0 Å². The maximum absolute atomic E-state index is 13.5. The van der Waals surface area contributed by atoms with Crippen molar-refractivity contribution in [3.8, 4) is 0 Å². The second-order valence-corrected chi connectivity index (χ2v) is 8.75. The number of Topliss-reactive ketones (excluding diaryl/α,β-unsaturated/α-hetero) is 1. The van der Waals surface area contributed by atoms with Gasteiger partial charge in [0.25, 0.3) is 5.91 Å². The fraction of sp³-hybridized carbons (Fsp3) is 0.0938. The van der Waals surface area contributed by atoms with Gasteiger partial charge in [-0.05, 0) is 41.3 Å². The van der Waals surface area contributed by atoms with Gasteiger partial charge < -0.3 is 0 Å². The van der Waals surface area contributed by atoms with E-state index in [0.29, 0.717) is 24.4 Å². The Morgan fingerprint density at radius 1 is 0.722 bits per heavy atom. The maximum atomic E-state index is 13.5. The molecule has 1 amide bonds. The summed E-state index contributed by atoms with van der Waals surface area (Å²) in [7, 11) is 0. The second-order valence-electron chi connectivity index (χ2n) is 8.75. The van der Waals surface area contributed by atoms with Crippen LogP contribution in [-0.4, -0.2) is 17.5 Å². The smallest absolute Gasteiger partial charge is 0.282 e. The molecule has 0 saturated heterocycles. The van der Waals surface area contributed by atoms with Crippen LogP contribution in [0.1, 0.15) is 28.7 Å². The summed E-state index contributed by atoms with van der Waals surface area (Å²) in [6.07, 6.45) is 3.44. The van der Waals surface area contributed by atoms with Crippen molar-refractivity contribution >= 4 is 29.3 Å². The Balaban J connectivity index is 1.35. The summed E-state index contributed by atoms with van der Waals surface area (Å²) in [6.45, 7) is 0. The number of aryl methyl sites for hydroxylation is 1. The molecule has 0 bridgehead atoms. The summed E-state index contributed by atoms with van der Waals surface area (Å²) in [6, 6.07) is 37.1. The zero-order chi connectivity index (χ0) is 24.7. The second kappa shape index (κ2) is 10.8. The molecule has 4 aromatic rings. The minimum atomic E-state index is -0.176. The predicted octanol–water partition coefficient (Wildman–Crippen LogP) is 6.27. The molecular formula is C32H26N2O2. The largest absolute Gasteiger partial charge is 0.299 e. The summed E-state index contributed by atoms with van der Waals surface area (Å²) >= 11 is 0. The molecule has 176 valence electrons. The molecule has 4 heteroatoms. The van der Waals surface area contributed by atoms with Crippen molar-refractivity contribution in [1.29, 1.82) is 0 Å². The summed E-state index contributed by atoms with van der Waals surface area (Å²) in [5.41, 5.74) is 4.99. The molecule has 0 spiro atoms. The number of carbonyl (C=O) groups excluding carboxylic acids is 2. The van der Waals surface area contributed by atoms with Gasteiger partial charge in [-0.1, -0.05) is 103 Å². The molecular weight excluding hydrogens is 444 g/mol. The van der Waals surface area contributed by atoms with Gasteiger partial charge in [0, 0.05) is 18.4 Å². The molecule has 5 rings (SSSR count). The van der Waals surface area contributed by atoms with E-state index in [9.17, 15) is 9.59 Å². The van der Waals surface area contributed by atoms with E-state index in [4.69, 9.17) is 4.99 Å². The predicted molar refractivity (Wildman–Crippen MR) is 145 cm³/mol. The number of aliphatic imine (C=N–C) groups is 1. The van der Waals surface area contributed by atoms with Gasteiger partial charge in [-0.3, -0.25) is 14.5 Å². The number of amides is 1. The Morgan fingerprint density at radius 3 is 2.00 bits per heavy atom. The van der Waals surface area contributed by atoms with Crippen LogP contribution in [0.3, 0.4) is 0 Å². The quantitative estimate of drug-likeness (QED) is 0.285. The van der Waals surface area contributed by atoms with Crippen molar-refractivity contribution in [2.45, 2.75) is 19.3 Å². The van der Waals surface area contributed by atoms with E-state index < -0.39 is 0 Å². The normalized spacial score (nSPS) is 14.2. The molecule has 1 aliphatic heterocycles. The maximum Gasteiger partial charge on any atom is 0.282 e. The van der Waals surface area contributed by atoms with Crippen molar-refractivity contribution in [3.63, 3.8) is 0 Å². The number of hydrogen-bond acceptors (Lipinski definition) is 3. The van der Waals surface area contributed by atoms with Crippen LogP contribution in [-0.2, 0) is 22.4 Å².